The predicted octanol–water partition coefficient (Wildman–Crippen LogP) is 2.71. The summed E-state index contributed by atoms with van der Waals surface area (Å²) in [4.78, 5) is 3.31. The first-order valence-corrected chi connectivity index (χ1v) is 4.30. The van der Waals surface area contributed by atoms with Crippen molar-refractivity contribution in [3.8, 4) is 5.88 Å². The highest BCUT2D eigenvalue weighted by Crippen LogP contribution is 2.30. The van der Waals surface area contributed by atoms with Crippen LogP contribution in [-0.2, 0) is 6.18 Å². The summed E-state index contributed by atoms with van der Waals surface area (Å²) >= 11 is 1.85. The van der Waals surface area contributed by atoms with Crippen LogP contribution in [-0.4, -0.2) is 12.1 Å². The molecular formula is C7H5F3INO. The van der Waals surface area contributed by atoms with Gasteiger partial charge in [0.15, 0.2) is 0 Å². The number of nitrogens with zero attached hydrogens (tertiary/aromatic N) is 1. The summed E-state index contributed by atoms with van der Waals surface area (Å²) < 4.78 is 41.6. The maximum Gasteiger partial charge on any atom is 0.433 e. The van der Waals surface area contributed by atoms with E-state index >= 15 is 0 Å². The average molecular weight is 303 g/mol. The molecule has 0 N–H and O–H groups in total. The Labute approximate surface area is 86.3 Å². The summed E-state index contributed by atoms with van der Waals surface area (Å²) in [5, 5.41) is 0. The molecule has 0 aliphatic heterocycles. The molecule has 0 amide bonds. The van der Waals surface area contributed by atoms with Crippen LogP contribution in [0.1, 0.15) is 5.69 Å². The third-order valence-electron chi connectivity index (χ3n) is 1.30. The van der Waals surface area contributed by atoms with Gasteiger partial charge in [-0.25, -0.2) is 4.98 Å². The molecule has 0 radical (unpaired) electrons. The highest BCUT2D eigenvalue weighted by Gasteiger charge is 2.33. The minimum atomic E-state index is -4.42. The van der Waals surface area contributed by atoms with E-state index in [4.69, 9.17) is 0 Å². The Bertz CT molecular complexity index is 313. The molecule has 1 heterocycles. The number of rotatable bonds is 1. The number of pyridine rings is 1. The SMILES string of the molecule is COc1nc(C(F)(F)F)ccc1I. The zero-order chi connectivity index (χ0) is 10.1. The number of halogens is 4. The minimum Gasteiger partial charge on any atom is -0.480 e. The Morgan fingerprint density at radius 1 is 1.38 bits per heavy atom. The molecule has 13 heavy (non-hydrogen) atoms. The summed E-state index contributed by atoms with van der Waals surface area (Å²) in [7, 11) is 1.28. The quantitative estimate of drug-likeness (QED) is 0.744. The number of aromatic nitrogens is 1. The van der Waals surface area contributed by atoms with Gasteiger partial charge < -0.3 is 4.74 Å². The highest BCUT2D eigenvalue weighted by atomic mass is 127. The Morgan fingerprint density at radius 3 is 2.46 bits per heavy atom. The third kappa shape index (κ3) is 2.45. The van der Waals surface area contributed by atoms with E-state index in [0.29, 0.717) is 3.57 Å². The Hall–Kier alpha value is -0.530. The Kier molecular flexibility index (Phi) is 2.99. The van der Waals surface area contributed by atoms with E-state index < -0.39 is 11.9 Å². The lowest BCUT2D eigenvalue weighted by Crippen LogP contribution is -2.08. The van der Waals surface area contributed by atoms with Crippen molar-refractivity contribution in [2.75, 3.05) is 7.11 Å². The second-order valence-corrected chi connectivity index (χ2v) is 3.35. The standard InChI is InChI=1S/C7H5F3INO/c1-13-6-4(11)2-3-5(12-6)7(8,9)10/h2-3H,1H3. The fraction of sp³-hybridized carbons (Fsp3) is 0.286. The van der Waals surface area contributed by atoms with Crippen LogP contribution in [0, 0.1) is 3.57 Å². The molecule has 0 bridgehead atoms. The zero-order valence-corrected chi connectivity index (χ0v) is 8.68. The molecule has 1 aromatic heterocycles. The highest BCUT2D eigenvalue weighted by molar-refractivity contribution is 14.1. The largest absolute Gasteiger partial charge is 0.480 e. The lowest BCUT2D eigenvalue weighted by molar-refractivity contribution is -0.141. The van der Waals surface area contributed by atoms with Crippen LogP contribution < -0.4 is 4.74 Å². The summed E-state index contributed by atoms with van der Waals surface area (Å²) in [6.45, 7) is 0. The molecule has 0 spiro atoms. The van der Waals surface area contributed by atoms with Crippen molar-refractivity contribution in [3.63, 3.8) is 0 Å². The second kappa shape index (κ2) is 3.69. The van der Waals surface area contributed by atoms with Crippen molar-refractivity contribution in [2.24, 2.45) is 0 Å². The first-order valence-electron chi connectivity index (χ1n) is 3.23. The molecule has 1 aromatic rings. The summed E-state index contributed by atoms with van der Waals surface area (Å²) in [6, 6.07) is 2.24. The van der Waals surface area contributed by atoms with Crippen molar-refractivity contribution in [3.05, 3.63) is 21.4 Å². The number of hydrogen-bond acceptors (Lipinski definition) is 2. The van der Waals surface area contributed by atoms with Gasteiger partial charge in [0.2, 0.25) is 5.88 Å². The molecule has 6 heteroatoms. The van der Waals surface area contributed by atoms with Crippen LogP contribution in [0.4, 0.5) is 13.2 Å². The fourth-order valence-electron chi connectivity index (χ4n) is 0.724. The van der Waals surface area contributed by atoms with Crippen LogP contribution in [0.25, 0.3) is 0 Å². The number of hydrogen-bond donors (Lipinski definition) is 0. The van der Waals surface area contributed by atoms with E-state index in [0.717, 1.165) is 6.07 Å². The van der Waals surface area contributed by atoms with Gasteiger partial charge in [0.25, 0.3) is 0 Å². The van der Waals surface area contributed by atoms with Gasteiger partial charge in [0.05, 0.1) is 10.7 Å². The van der Waals surface area contributed by atoms with Crippen molar-refractivity contribution in [2.45, 2.75) is 6.18 Å². The van der Waals surface area contributed by atoms with Crippen molar-refractivity contribution in [1.82, 2.24) is 4.98 Å². The van der Waals surface area contributed by atoms with Crippen LogP contribution in [0.15, 0.2) is 12.1 Å². The first kappa shape index (κ1) is 10.6. The first-order chi connectivity index (χ1) is 5.95. The summed E-state index contributed by atoms with van der Waals surface area (Å²) in [6.07, 6.45) is -4.42. The molecule has 0 saturated carbocycles. The zero-order valence-electron chi connectivity index (χ0n) is 6.52. The van der Waals surface area contributed by atoms with Crippen molar-refractivity contribution < 1.29 is 17.9 Å². The van der Waals surface area contributed by atoms with Gasteiger partial charge >= 0.3 is 6.18 Å². The maximum atomic E-state index is 12.1. The molecule has 0 fully saturated rings. The van der Waals surface area contributed by atoms with Crippen LogP contribution in [0.2, 0.25) is 0 Å². The smallest absolute Gasteiger partial charge is 0.433 e. The van der Waals surface area contributed by atoms with Crippen LogP contribution in [0.3, 0.4) is 0 Å². The molecular weight excluding hydrogens is 298 g/mol. The lowest BCUT2D eigenvalue weighted by Gasteiger charge is -2.07. The maximum absolute atomic E-state index is 12.1. The van der Waals surface area contributed by atoms with Crippen molar-refractivity contribution in [1.29, 1.82) is 0 Å². The Balaban J connectivity index is 3.14. The summed E-state index contributed by atoms with van der Waals surface area (Å²) in [5.74, 6) is -0.00424. The molecule has 0 unspecified atom stereocenters. The topological polar surface area (TPSA) is 22.1 Å². The second-order valence-electron chi connectivity index (χ2n) is 2.19. The number of methoxy groups -OCH3 is 1. The van der Waals surface area contributed by atoms with Gasteiger partial charge in [0.1, 0.15) is 5.69 Å². The van der Waals surface area contributed by atoms with E-state index in [1.165, 1.54) is 13.2 Å². The van der Waals surface area contributed by atoms with Gasteiger partial charge in [-0.1, -0.05) is 0 Å². The number of alkyl halides is 3. The molecule has 0 atom stereocenters. The molecule has 0 aliphatic carbocycles. The van der Waals surface area contributed by atoms with E-state index in [1.54, 1.807) is 0 Å². The van der Waals surface area contributed by atoms with E-state index in [9.17, 15) is 13.2 Å². The fourth-order valence-corrected chi connectivity index (χ4v) is 1.25. The van der Waals surface area contributed by atoms with Gasteiger partial charge in [-0.05, 0) is 34.7 Å². The summed E-state index contributed by atoms with van der Waals surface area (Å²) in [5.41, 5.74) is -0.940. The molecule has 1 rings (SSSR count). The van der Waals surface area contributed by atoms with Crippen LogP contribution >= 0.6 is 22.6 Å². The van der Waals surface area contributed by atoms with E-state index in [1.807, 2.05) is 22.6 Å². The number of ether oxygens (including phenoxy) is 1. The van der Waals surface area contributed by atoms with E-state index in [-0.39, 0.29) is 5.88 Å². The normalized spacial score (nSPS) is 11.5. The van der Waals surface area contributed by atoms with Gasteiger partial charge in [-0.2, -0.15) is 13.2 Å². The van der Waals surface area contributed by atoms with E-state index in [2.05, 4.69) is 9.72 Å². The monoisotopic (exact) mass is 303 g/mol. The average Bonchev–Trinajstić information content (AvgIpc) is 2.03. The van der Waals surface area contributed by atoms with Gasteiger partial charge in [0, 0.05) is 0 Å². The lowest BCUT2D eigenvalue weighted by atomic mass is 10.3. The van der Waals surface area contributed by atoms with Gasteiger partial charge in [-0.3, -0.25) is 0 Å². The Morgan fingerprint density at radius 2 is 2.00 bits per heavy atom. The molecule has 0 aliphatic rings. The van der Waals surface area contributed by atoms with Gasteiger partial charge in [-0.15, -0.1) is 0 Å². The van der Waals surface area contributed by atoms with Crippen molar-refractivity contribution >= 4 is 22.6 Å². The third-order valence-corrected chi connectivity index (χ3v) is 2.12. The molecule has 72 valence electrons. The minimum absolute atomic E-state index is 0.00424. The molecule has 0 aromatic carbocycles. The van der Waals surface area contributed by atoms with Crippen LogP contribution in [0.5, 0.6) is 5.88 Å². The molecule has 2 nitrogen and oxygen atoms in total. The molecule has 0 saturated heterocycles. The predicted molar refractivity (Wildman–Crippen MR) is 48.5 cm³/mol.